The molecule has 1 nitrogen and oxygen atoms in total. The van der Waals surface area contributed by atoms with Crippen molar-refractivity contribution in [2.45, 2.75) is 0 Å². The van der Waals surface area contributed by atoms with Gasteiger partial charge in [-0.05, 0) is 101 Å². The van der Waals surface area contributed by atoms with E-state index in [0.717, 1.165) is 17.1 Å². The van der Waals surface area contributed by atoms with Crippen molar-refractivity contribution in [3.63, 3.8) is 0 Å². The Morgan fingerprint density at radius 1 is 0.275 bits per heavy atom. The normalized spacial score (nSPS) is 11.5. The maximum atomic E-state index is 2.44. The summed E-state index contributed by atoms with van der Waals surface area (Å²) in [6.45, 7) is 0. The Bertz CT molecular complexity index is 2910. The van der Waals surface area contributed by atoms with Crippen LogP contribution in [0.4, 0.5) is 17.1 Å². The average molecular weight is 648 g/mol. The standard InChI is InChI=1S/C50H33N/c1-2-12-34(13-3-1)39-17-8-19-41(32-39)51(42-20-9-18-40(33-42)44-23-10-16-35-14-4-6-21-43(35)44)48-25-11-24-47-46(48)31-30-38-29-28-37-27-26-36-15-5-7-22-45(36)49(37)50(38)47/h1-33H. The van der Waals surface area contributed by atoms with Gasteiger partial charge in [-0.2, -0.15) is 0 Å². The van der Waals surface area contributed by atoms with E-state index in [9.17, 15) is 0 Å². The third kappa shape index (κ3) is 4.94. The fourth-order valence-corrected chi connectivity index (χ4v) is 8.03. The van der Waals surface area contributed by atoms with E-state index in [-0.39, 0.29) is 0 Å². The van der Waals surface area contributed by atoms with Crippen LogP contribution in [0.2, 0.25) is 0 Å². The lowest BCUT2D eigenvalue weighted by Crippen LogP contribution is -2.10. The van der Waals surface area contributed by atoms with Crippen molar-refractivity contribution < 1.29 is 0 Å². The summed E-state index contributed by atoms with van der Waals surface area (Å²) in [6.07, 6.45) is 0. The fourth-order valence-electron chi connectivity index (χ4n) is 8.03. The summed E-state index contributed by atoms with van der Waals surface area (Å²) in [5, 5.41) is 12.6. The van der Waals surface area contributed by atoms with Crippen LogP contribution in [-0.2, 0) is 0 Å². The largest absolute Gasteiger partial charge is 0.310 e. The van der Waals surface area contributed by atoms with Crippen LogP contribution in [0.5, 0.6) is 0 Å². The number of hydrogen-bond donors (Lipinski definition) is 0. The molecule has 0 unspecified atom stereocenters. The maximum Gasteiger partial charge on any atom is 0.0540 e. The van der Waals surface area contributed by atoms with Crippen LogP contribution in [0.1, 0.15) is 0 Å². The molecule has 1 heteroatoms. The molecule has 0 heterocycles. The smallest absolute Gasteiger partial charge is 0.0540 e. The van der Waals surface area contributed by atoms with Crippen molar-refractivity contribution >= 4 is 70.9 Å². The van der Waals surface area contributed by atoms with Crippen LogP contribution in [0.15, 0.2) is 200 Å². The van der Waals surface area contributed by atoms with E-state index in [1.807, 2.05) is 0 Å². The lowest BCUT2D eigenvalue weighted by molar-refractivity contribution is 1.30. The van der Waals surface area contributed by atoms with Gasteiger partial charge in [0.1, 0.15) is 0 Å². The molecule has 0 aliphatic carbocycles. The minimum atomic E-state index is 1.11. The number of benzene rings is 10. The molecule has 0 radical (unpaired) electrons. The maximum absolute atomic E-state index is 2.44. The van der Waals surface area contributed by atoms with Gasteiger partial charge in [-0.15, -0.1) is 0 Å². The molecule has 0 aromatic heterocycles. The van der Waals surface area contributed by atoms with Crippen molar-refractivity contribution in [2.24, 2.45) is 0 Å². The Morgan fingerprint density at radius 2 is 0.784 bits per heavy atom. The minimum Gasteiger partial charge on any atom is -0.310 e. The van der Waals surface area contributed by atoms with Crippen molar-refractivity contribution in [1.82, 2.24) is 0 Å². The SMILES string of the molecule is c1ccc(-c2cccc(N(c3cccc(-c4cccc5ccccc45)c3)c3cccc4c3ccc3ccc5ccc6ccccc6c5c34)c2)cc1. The van der Waals surface area contributed by atoms with E-state index < -0.39 is 0 Å². The summed E-state index contributed by atoms with van der Waals surface area (Å²) in [5.41, 5.74) is 8.18. The van der Waals surface area contributed by atoms with Gasteiger partial charge in [-0.1, -0.05) is 170 Å². The third-order valence-electron chi connectivity index (χ3n) is 10.4. The van der Waals surface area contributed by atoms with Crippen LogP contribution in [0.25, 0.3) is 76.1 Å². The first-order valence-electron chi connectivity index (χ1n) is 17.6. The molecule has 0 N–H and O–H groups in total. The zero-order chi connectivity index (χ0) is 33.7. The molecule has 0 aliphatic heterocycles. The molecule has 10 aromatic rings. The van der Waals surface area contributed by atoms with E-state index in [4.69, 9.17) is 0 Å². The molecule has 0 fully saturated rings. The highest BCUT2D eigenvalue weighted by Gasteiger charge is 2.19. The van der Waals surface area contributed by atoms with Gasteiger partial charge in [0.25, 0.3) is 0 Å². The van der Waals surface area contributed by atoms with Crippen molar-refractivity contribution in [3.8, 4) is 22.3 Å². The lowest BCUT2D eigenvalue weighted by atomic mass is 9.92. The molecule has 0 bridgehead atoms. The molecule has 0 spiro atoms. The molecular weight excluding hydrogens is 615 g/mol. The molecule has 0 amide bonds. The predicted octanol–water partition coefficient (Wildman–Crippen LogP) is 14.3. The molecular formula is C50H33N. The Morgan fingerprint density at radius 3 is 1.57 bits per heavy atom. The second kappa shape index (κ2) is 12.0. The van der Waals surface area contributed by atoms with Gasteiger partial charge >= 0.3 is 0 Å². The van der Waals surface area contributed by atoms with Gasteiger partial charge in [-0.25, -0.2) is 0 Å². The van der Waals surface area contributed by atoms with Gasteiger partial charge in [0, 0.05) is 16.8 Å². The zero-order valence-corrected chi connectivity index (χ0v) is 28.0. The number of rotatable bonds is 5. The molecule has 238 valence electrons. The van der Waals surface area contributed by atoms with Crippen molar-refractivity contribution in [1.29, 1.82) is 0 Å². The Balaban J connectivity index is 1.25. The minimum absolute atomic E-state index is 1.11. The van der Waals surface area contributed by atoms with Gasteiger partial charge in [0.15, 0.2) is 0 Å². The van der Waals surface area contributed by atoms with E-state index >= 15 is 0 Å². The van der Waals surface area contributed by atoms with Crippen LogP contribution < -0.4 is 4.90 Å². The molecule has 10 rings (SSSR count). The van der Waals surface area contributed by atoms with Gasteiger partial charge in [0.2, 0.25) is 0 Å². The van der Waals surface area contributed by atoms with Gasteiger partial charge in [0.05, 0.1) is 5.69 Å². The molecule has 10 aromatic carbocycles. The summed E-state index contributed by atoms with van der Waals surface area (Å²) in [5.74, 6) is 0. The second-order valence-corrected chi connectivity index (χ2v) is 13.3. The van der Waals surface area contributed by atoms with Crippen LogP contribution in [0.3, 0.4) is 0 Å². The first-order valence-corrected chi connectivity index (χ1v) is 17.6. The summed E-state index contributed by atoms with van der Waals surface area (Å²) in [4.78, 5) is 2.44. The number of anilines is 3. The molecule has 51 heavy (non-hydrogen) atoms. The van der Waals surface area contributed by atoms with Gasteiger partial charge in [-0.3, -0.25) is 0 Å². The van der Waals surface area contributed by atoms with E-state index in [1.165, 1.54) is 76.1 Å². The second-order valence-electron chi connectivity index (χ2n) is 13.3. The van der Waals surface area contributed by atoms with E-state index in [2.05, 4.69) is 205 Å². The van der Waals surface area contributed by atoms with E-state index in [1.54, 1.807) is 0 Å². The van der Waals surface area contributed by atoms with Crippen molar-refractivity contribution in [2.75, 3.05) is 4.90 Å². The van der Waals surface area contributed by atoms with Crippen molar-refractivity contribution in [3.05, 3.63) is 200 Å². The quantitative estimate of drug-likeness (QED) is 0.168. The number of fused-ring (bicyclic) bond motifs is 8. The van der Waals surface area contributed by atoms with Crippen LogP contribution in [-0.4, -0.2) is 0 Å². The summed E-state index contributed by atoms with van der Waals surface area (Å²) >= 11 is 0. The Kier molecular flexibility index (Phi) is 6.89. The third-order valence-corrected chi connectivity index (χ3v) is 10.4. The monoisotopic (exact) mass is 647 g/mol. The Hall–Kier alpha value is -6.70. The summed E-state index contributed by atoms with van der Waals surface area (Å²) in [7, 11) is 0. The molecule has 0 saturated carbocycles. The topological polar surface area (TPSA) is 3.24 Å². The highest BCUT2D eigenvalue weighted by molar-refractivity contribution is 6.28. The number of nitrogens with zero attached hydrogens (tertiary/aromatic N) is 1. The summed E-state index contributed by atoms with van der Waals surface area (Å²) < 4.78 is 0. The molecule has 0 aliphatic rings. The predicted molar refractivity (Wildman–Crippen MR) is 220 cm³/mol. The average Bonchev–Trinajstić information content (AvgIpc) is 3.21. The molecule has 0 saturated heterocycles. The summed E-state index contributed by atoms with van der Waals surface area (Å²) in [6, 6.07) is 73.1. The number of hydrogen-bond acceptors (Lipinski definition) is 1. The van der Waals surface area contributed by atoms with E-state index in [0.29, 0.717) is 0 Å². The fraction of sp³-hybridized carbons (Fsp3) is 0. The highest BCUT2D eigenvalue weighted by Crippen LogP contribution is 2.44. The highest BCUT2D eigenvalue weighted by atomic mass is 15.1. The molecule has 0 atom stereocenters. The van der Waals surface area contributed by atoms with Crippen LogP contribution >= 0.6 is 0 Å². The first kappa shape index (κ1) is 29.2. The van der Waals surface area contributed by atoms with Gasteiger partial charge < -0.3 is 4.90 Å². The Labute approximate surface area is 297 Å². The lowest BCUT2D eigenvalue weighted by Gasteiger charge is -2.28. The first-order chi connectivity index (χ1) is 25.3. The van der Waals surface area contributed by atoms with Crippen LogP contribution in [0, 0.1) is 0 Å². The zero-order valence-electron chi connectivity index (χ0n) is 28.0.